The van der Waals surface area contributed by atoms with Crippen molar-refractivity contribution in [2.45, 2.75) is 0 Å². The molecular weight excluding hydrogens is 168 g/mol. The highest BCUT2D eigenvalue weighted by Crippen LogP contribution is 2.19. The Hall–Kier alpha value is -1.97. The van der Waals surface area contributed by atoms with Crippen LogP contribution in [0.1, 0.15) is 0 Å². The molecule has 13 heavy (non-hydrogen) atoms. The number of nitrogens with zero attached hydrogens (tertiary/aromatic N) is 1. The second-order valence-electron chi connectivity index (χ2n) is 2.75. The molecule has 0 atom stereocenters. The number of hydrogen-bond donors (Lipinski definition) is 3. The van der Waals surface area contributed by atoms with E-state index in [-0.39, 0.29) is 11.2 Å². The Labute approximate surface area is 73.8 Å². The third kappa shape index (κ3) is 1.03. The van der Waals surface area contributed by atoms with Crippen molar-refractivity contribution in [3.8, 4) is 5.75 Å². The van der Waals surface area contributed by atoms with E-state index in [1.165, 1.54) is 0 Å². The monoisotopic (exact) mass is 176 g/mol. The standard InChI is InChI=1S/C9H8N2O2/c10-9-7-4-2-1-3-6(7)8(12)5-11(9)13/h1-5,10,12-13H. The van der Waals surface area contributed by atoms with E-state index in [9.17, 15) is 5.11 Å². The summed E-state index contributed by atoms with van der Waals surface area (Å²) < 4.78 is 0.595. The molecular formula is C9H8N2O2. The van der Waals surface area contributed by atoms with Crippen molar-refractivity contribution < 1.29 is 10.3 Å². The molecule has 2 rings (SSSR count). The van der Waals surface area contributed by atoms with Crippen molar-refractivity contribution in [1.82, 2.24) is 4.73 Å². The van der Waals surface area contributed by atoms with E-state index in [0.29, 0.717) is 15.5 Å². The average molecular weight is 176 g/mol. The molecule has 4 nitrogen and oxygen atoms in total. The first-order valence-corrected chi connectivity index (χ1v) is 3.77. The summed E-state index contributed by atoms with van der Waals surface area (Å²) in [6.45, 7) is 0. The van der Waals surface area contributed by atoms with E-state index in [1.54, 1.807) is 24.3 Å². The molecule has 0 saturated carbocycles. The fourth-order valence-electron chi connectivity index (χ4n) is 1.29. The summed E-state index contributed by atoms with van der Waals surface area (Å²) in [6.07, 6.45) is 1.10. The largest absolute Gasteiger partial charge is 0.506 e. The van der Waals surface area contributed by atoms with Crippen LogP contribution in [0.25, 0.3) is 10.8 Å². The fourth-order valence-corrected chi connectivity index (χ4v) is 1.29. The number of fused-ring (bicyclic) bond motifs is 1. The molecule has 0 aliphatic carbocycles. The van der Waals surface area contributed by atoms with E-state index in [2.05, 4.69) is 0 Å². The molecule has 0 amide bonds. The van der Waals surface area contributed by atoms with Crippen LogP contribution in [-0.4, -0.2) is 15.0 Å². The van der Waals surface area contributed by atoms with Crippen molar-refractivity contribution in [1.29, 1.82) is 5.41 Å². The Morgan fingerprint density at radius 1 is 1.15 bits per heavy atom. The van der Waals surface area contributed by atoms with Crippen LogP contribution in [0.3, 0.4) is 0 Å². The minimum atomic E-state index is -0.0339. The van der Waals surface area contributed by atoms with E-state index in [4.69, 9.17) is 10.6 Å². The smallest absolute Gasteiger partial charge is 0.168 e. The molecule has 0 radical (unpaired) electrons. The maximum absolute atomic E-state index is 9.41. The van der Waals surface area contributed by atoms with Crippen LogP contribution in [0.4, 0.5) is 0 Å². The summed E-state index contributed by atoms with van der Waals surface area (Å²) in [4.78, 5) is 0. The van der Waals surface area contributed by atoms with E-state index < -0.39 is 0 Å². The maximum atomic E-state index is 9.41. The summed E-state index contributed by atoms with van der Waals surface area (Å²) in [5, 5.41) is 27.2. The molecule has 0 spiro atoms. The van der Waals surface area contributed by atoms with Gasteiger partial charge in [0.15, 0.2) is 5.49 Å². The molecule has 1 aromatic carbocycles. The third-order valence-electron chi connectivity index (χ3n) is 1.93. The van der Waals surface area contributed by atoms with Gasteiger partial charge < -0.3 is 10.3 Å². The van der Waals surface area contributed by atoms with Crippen molar-refractivity contribution in [3.63, 3.8) is 0 Å². The predicted molar refractivity (Wildman–Crippen MR) is 46.6 cm³/mol. The first-order valence-electron chi connectivity index (χ1n) is 3.77. The fraction of sp³-hybridized carbons (Fsp3) is 0. The van der Waals surface area contributed by atoms with Gasteiger partial charge in [0, 0.05) is 10.8 Å². The second kappa shape index (κ2) is 2.52. The van der Waals surface area contributed by atoms with Gasteiger partial charge in [-0.15, -0.1) is 0 Å². The second-order valence-corrected chi connectivity index (χ2v) is 2.75. The first kappa shape index (κ1) is 7.67. The average Bonchev–Trinajstić information content (AvgIpc) is 2.15. The van der Waals surface area contributed by atoms with Gasteiger partial charge in [-0.3, -0.25) is 5.41 Å². The minimum Gasteiger partial charge on any atom is -0.506 e. The molecule has 0 aliphatic rings. The quantitative estimate of drug-likeness (QED) is 0.525. The number of aromatic hydroxyl groups is 1. The van der Waals surface area contributed by atoms with Crippen LogP contribution in [0.2, 0.25) is 0 Å². The van der Waals surface area contributed by atoms with Crippen LogP contribution < -0.4 is 5.49 Å². The number of pyridine rings is 1. The van der Waals surface area contributed by atoms with Gasteiger partial charge in [-0.25, -0.2) is 0 Å². The lowest BCUT2D eigenvalue weighted by atomic mass is 10.1. The molecule has 1 aromatic heterocycles. The van der Waals surface area contributed by atoms with Crippen molar-refractivity contribution in [3.05, 3.63) is 36.0 Å². The zero-order valence-electron chi connectivity index (χ0n) is 6.73. The van der Waals surface area contributed by atoms with Crippen LogP contribution in [-0.2, 0) is 0 Å². The summed E-state index contributed by atoms with van der Waals surface area (Å²) in [5.74, 6) is -0.0332. The molecule has 4 heteroatoms. The predicted octanol–water partition coefficient (Wildman–Crippen LogP) is 1.06. The molecule has 0 unspecified atom stereocenters. The lowest BCUT2D eigenvalue weighted by Crippen LogP contribution is -2.16. The van der Waals surface area contributed by atoms with Gasteiger partial charge >= 0.3 is 0 Å². The van der Waals surface area contributed by atoms with Crippen molar-refractivity contribution in [2.24, 2.45) is 0 Å². The SMILES string of the molecule is N=c1c2ccccc2c(O)cn1O. The summed E-state index contributed by atoms with van der Waals surface area (Å²) in [5.41, 5.74) is -0.0339. The lowest BCUT2D eigenvalue weighted by molar-refractivity contribution is 0.169. The molecule has 66 valence electrons. The van der Waals surface area contributed by atoms with Gasteiger partial charge in [0.2, 0.25) is 0 Å². The van der Waals surface area contributed by atoms with Gasteiger partial charge in [0.25, 0.3) is 0 Å². The van der Waals surface area contributed by atoms with Crippen LogP contribution in [0.15, 0.2) is 30.5 Å². The Kier molecular flexibility index (Phi) is 1.48. The summed E-state index contributed by atoms with van der Waals surface area (Å²) >= 11 is 0. The molecule has 3 N–H and O–H groups in total. The Morgan fingerprint density at radius 3 is 2.46 bits per heavy atom. The van der Waals surface area contributed by atoms with E-state index in [0.717, 1.165) is 6.20 Å². The zero-order valence-corrected chi connectivity index (χ0v) is 6.73. The first-order chi connectivity index (χ1) is 6.20. The van der Waals surface area contributed by atoms with E-state index in [1.807, 2.05) is 0 Å². The Balaban J connectivity index is 3.06. The van der Waals surface area contributed by atoms with Crippen LogP contribution in [0.5, 0.6) is 5.75 Å². The molecule has 2 aromatic rings. The van der Waals surface area contributed by atoms with Gasteiger partial charge in [-0.1, -0.05) is 24.3 Å². The zero-order chi connectivity index (χ0) is 9.42. The molecule has 0 aliphatic heterocycles. The number of benzene rings is 1. The number of hydrogen-bond acceptors (Lipinski definition) is 3. The van der Waals surface area contributed by atoms with Crippen molar-refractivity contribution >= 4 is 10.8 Å². The molecule has 1 heterocycles. The third-order valence-corrected chi connectivity index (χ3v) is 1.93. The van der Waals surface area contributed by atoms with Crippen LogP contribution in [0, 0.1) is 5.41 Å². The highest BCUT2D eigenvalue weighted by molar-refractivity contribution is 5.86. The summed E-state index contributed by atoms with van der Waals surface area (Å²) in [7, 11) is 0. The number of nitrogens with one attached hydrogen (secondary N) is 1. The molecule has 0 saturated heterocycles. The molecule has 0 fully saturated rings. The van der Waals surface area contributed by atoms with Gasteiger partial charge in [0.1, 0.15) is 5.75 Å². The van der Waals surface area contributed by atoms with Crippen molar-refractivity contribution in [2.75, 3.05) is 0 Å². The number of aromatic nitrogens is 1. The molecule has 0 bridgehead atoms. The van der Waals surface area contributed by atoms with Crippen LogP contribution >= 0.6 is 0 Å². The lowest BCUT2D eigenvalue weighted by Gasteiger charge is -2.03. The Morgan fingerprint density at radius 2 is 1.77 bits per heavy atom. The minimum absolute atomic E-state index is 0.0332. The van der Waals surface area contributed by atoms with Gasteiger partial charge in [0.05, 0.1) is 6.20 Å². The van der Waals surface area contributed by atoms with Gasteiger partial charge in [-0.2, -0.15) is 4.73 Å². The normalized spacial score (nSPS) is 10.5. The summed E-state index contributed by atoms with van der Waals surface area (Å²) in [6, 6.07) is 6.88. The Bertz CT molecular complexity index is 516. The highest BCUT2D eigenvalue weighted by atomic mass is 16.5. The number of rotatable bonds is 0. The highest BCUT2D eigenvalue weighted by Gasteiger charge is 2.02. The topological polar surface area (TPSA) is 69.2 Å². The maximum Gasteiger partial charge on any atom is 0.168 e. The van der Waals surface area contributed by atoms with E-state index >= 15 is 0 Å². The van der Waals surface area contributed by atoms with Gasteiger partial charge in [-0.05, 0) is 0 Å².